The van der Waals surface area contributed by atoms with E-state index in [0.29, 0.717) is 17.9 Å². The van der Waals surface area contributed by atoms with Crippen molar-refractivity contribution in [1.29, 1.82) is 0 Å². The first-order valence-corrected chi connectivity index (χ1v) is 8.49. The minimum absolute atomic E-state index is 0.0988. The van der Waals surface area contributed by atoms with Crippen molar-refractivity contribution in [3.05, 3.63) is 52.4 Å². The van der Waals surface area contributed by atoms with E-state index in [4.69, 9.17) is 4.52 Å². The van der Waals surface area contributed by atoms with Crippen LogP contribution in [0.2, 0.25) is 0 Å². The summed E-state index contributed by atoms with van der Waals surface area (Å²) in [4.78, 5) is 24.3. The van der Waals surface area contributed by atoms with Gasteiger partial charge >= 0.3 is 0 Å². The summed E-state index contributed by atoms with van der Waals surface area (Å²) in [5.74, 6) is 0.457. The van der Waals surface area contributed by atoms with Gasteiger partial charge in [0, 0.05) is 23.7 Å². The highest BCUT2D eigenvalue weighted by molar-refractivity contribution is 5.94. The summed E-state index contributed by atoms with van der Waals surface area (Å²) in [5, 5.41) is 9.66. The van der Waals surface area contributed by atoms with E-state index in [1.165, 1.54) is 0 Å². The number of carbonyl (C=O) groups excluding carboxylic acids is 2. The molecule has 0 radical (unpaired) electrons. The first kappa shape index (κ1) is 18.7. The molecule has 0 aliphatic heterocycles. The third-order valence-electron chi connectivity index (χ3n) is 4.19. The van der Waals surface area contributed by atoms with Gasteiger partial charge in [0.05, 0.1) is 12.1 Å². The molecule has 0 spiro atoms. The number of carbonyl (C=O) groups is 2. The number of benzene rings is 1. The maximum Gasteiger partial charge on any atom is 0.251 e. The molecule has 0 fully saturated rings. The Hall–Kier alpha value is -2.63. The average Bonchev–Trinajstić information content (AvgIpc) is 2.92. The highest BCUT2D eigenvalue weighted by Crippen LogP contribution is 2.13. The smallest absolute Gasteiger partial charge is 0.251 e. The van der Waals surface area contributed by atoms with E-state index >= 15 is 0 Å². The molecule has 6 heteroatoms. The van der Waals surface area contributed by atoms with Crippen LogP contribution in [-0.4, -0.2) is 23.0 Å². The van der Waals surface area contributed by atoms with Crippen LogP contribution in [0.4, 0.5) is 0 Å². The SMILES string of the molecule is CC[C@H](C)NC(=O)c1cccc(CNC(=O)Cc2c(C)noc2C)c1. The molecule has 0 saturated heterocycles. The van der Waals surface area contributed by atoms with E-state index in [2.05, 4.69) is 15.8 Å². The Kier molecular flexibility index (Phi) is 6.33. The van der Waals surface area contributed by atoms with Gasteiger partial charge in [0.2, 0.25) is 5.91 Å². The van der Waals surface area contributed by atoms with Crippen molar-refractivity contribution >= 4 is 11.8 Å². The highest BCUT2D eigenvalue weighted by Gasteiger charge is 2.13. The van der Waals surface area contributed by atoms with Crippen LogP contribution >= 0.6 is 0 Å². The van der Waals surface area contributed by atoms with Crippen molar-refractivity contribution in [3.63, 3.8) is 0 Å². The second-order valence-electron chi connectivity index (χ2n) is 6.24. The third kappa shape index (κ3) is 5.17. The van der Waals surface area contributed by atoms with Crippen molar-refractivity contribution in [2.45, 2.75) is 53.1 Å². The Labute approximate surface area is 148 Å². The van der Waals surface area contributed by atoms with Crippen molar-refractivity contribution in [1.82, 2.24) is 15.8 Å². The molecule has 1 aromatic carbocycles. The van der Waals surface area contributed by atoms with E-state index in [9.17, 15) is 9.59 Å². The van der Waals surface area contributed by atoms with Crippen molar-refractivity contribution in [2.75, 3.05) is 0 Å². The van der Waals surface area contributed by atoms with E-state index in [0.717, 1.165) is 23.2 Å². The molecule has 0 unspecified atom stereocenters. The summed E-state index contributed by atoms with van der Waals surface area (Å²) in [6.45, 7) is 7.97. The summed E-state index contributed by atoms with van der Waals surface area (Å²) in [6.07, 6.45) is 1.11. The largest absolute Gasteiger partial charge is 0.361 e. The number of aryl methyl sites for hydroxylation is 2. The van der Waals surface area contributed by atoms with Crippen molar-refractivity contribution < 1.29 is 14.1 Å². The van der Waals surface area contributed by atoms with Gasteiger partial charge in [-0.2, -0.15) is 0 Å². The normalized spacial score (nSPS) is 11.8. The fourth-order valence-electron chi connectivity index (χ4n) is 2.41. The molecule has 2 N–H and O–H groups in total. The predicted molar refractivity (Wildman–Crippen MR) is 95.2 cm³/mol. The summed E-state index contributed by atoms with van der Waals surface area (Å²) >= 11 is 0. The maximum absolute atomic E-state index is 12.2. The molecule has 2 amide bonds. The second kappa shape index (κ2) is 8.46. The summed E-state index contributed by atoms with van der Waals surface area (Å²) in [5.41, 5.74) is 3.03. The minimum atomic E-state index is -0.108. The monoisotopic (exact) mass is 343 g/mol. The van der Waals surface area contributed by atoms with Crippen LogP contribution < -0.4 is 10.6 Å². The number of hydrogen-bond donors (Lipinski definition) is 2. The van der Waals surface area contributed by atoms with Crippen molar-refractivity contribution in [2.24, 2.45) is 0 Å². The van der Waals surface area contributed by atoms with E-state index in [1.54, 1.807) is 19.1 Å². The number of nitrogens with one attached hydrogen (secondary N) is 2. The van der Waals surface area contributed by atoms with Gasteiger partial charge < -0.3 is 15.2 Å². The summed E-state index contributed by atoms with van der Waals surface area (Å²) < 4.78 is 5.07. The van der Waals surface area contributed by atoms with Crippen molar-refractivity contribution in [3.8, 4) is 0 Å². The molecular weight excluding hydrogens is 318 g/mol. The number of amides is 2. The van der Waals surface area contributed by atoms with Crippen LogP contribution in [0.3, 0.4) is 0 Å². The van der Waals surface area contributed by atoms with Gasteiger partial charge in [-0.1, -0.05) is 24.2 Å². The first-order chi connectivity index (χ1) is 11.9. The standard InChI is InChI=1S/C19H25N3O3/c1-5-12(2)21-19(24)16-8-6-7-15(9-16)11-20-18(23)10-17-13(3)22-25-14(17)4/h6-9,12H,5,10-11H2,1-4H3,(H,20,23)(H,21,24)/t12-/m0/s1. The Bertz CT molecular complexity index is 733. The van der Waals surface area contributed by atoms with Crippen LogP contribution in [0.5, 0.6) is 0 Å². The molecule has 0 saturated carbocycles. The average molecular weight is 343 g/mol. The number of aromatic nitrogens is 1. The van der Waals surface area contributed by atoms with Gasteiger partial charge in [0.15, 0.2) is 0 Å². The lowest BCUT2D eigenvalue weighted by atomic mass is 10.1. The fourth-order valence-corrected chi connectivity index (χ4v) is 2.41. The molecule has 25 heavy (non-hydrogen) atoms. The number of hydrogen-bond acceptors (Lipinski definition) is 4. The predicted octanol–water partition coefficient (Wildman–Crippen LogP) is 2.68. The second-order valence-corrected chi connectivity index (χ2v) is 6.24. The van der Waals surface area contributed by atoms with Crippen LogP contribution in [-0.2, 0) is 17.8 Å². The summed E-state index contributed by atoms with van der Waals surface area (Å²) in [6, 6.07) is 7.41. The molecule has 0 aliphatic carbocycles. The minimum Gasteiger partial charge on any atom is -0.361 e. The lowest BCUT2D eigenvalue weighted by Gasteiger charge is -2.12. The van der Waals surface area contributed by atoms with Gasteiger partial charge in [0.25, 0.3) is 5.91 Å². The van der Waals surface area contributed by atoms with E-state index in [1.807, 2.05) is 32.9 Å². The topological polar surface area (TPSA) is 84.2 Å². The molecular formula is C19H25N3O3. The maximum atomic E-state index is 12.2. The lowest BCUT2D eigenvalue weighted by molar-refractivity contribution is -0.120. The zero-order valence-electron chi connectivity index (χ0n) is 15.2. The summed E-state index contributed by atoms with van der Waals surface area (Å²) in [7, 11) is 0. The van der Waals surface area contributed by atoms with E-state index in [-0.39, 0.29) is 24.3 Å². The molecule has 1 aromatic heterocycles. The van der Waals surface area contributed by atoms with Gasteiger partial charge in [-0.05, 0) is 44.9 Å². The molecule has 0 aliphatic rings. The molecule has 134 valence electrons. The van der Waals surface area contributed by atoms with Crippen LogP contribution in [0, 0.1) is 13.8 Å². The lowest BCUT2D eigenvalue weighted by Crippen LogP contribution is -2.32. The molecule has 2 aromatic rings. The first-order valence-electron chi connectivity index (χ1n) is 8.49. The molecule has 1 heterocycles. The Morgan fingerprint density at radius 1 is 1.28 bits per heavy atom. The van der Waals surface area contributed by atoms with Gasteiger partial charge in [-0.3, -0.25) is 9.59 Å². The highest BCUT2D eigenvalue weighted by atomic mass is 16.5. The van der Waals surface area contributed by atoms with Gasteiger partial charge in [-0.25, -0.2) is 0 Å². The van der Waals surface area contributed by atoms with Crippen LogP contribution in [0.15, 0.2) is 28.8 Å². The van der Waals surface area contributed by atoms with E-state index < -0.39 is 0 Å². The molecule has 6 nitrogen and oxygen atoms in total. The Morgan fingerprint density at radius 3 is 2.68 bits per heavy atom. The molecule has 2 rings (SSSR count). The Morgan fingerprint density at radius 2 is 2.04 bits per heavy atom. The van der Waals surface area contributed by atoms with Crippen LogP contribution in [0.1, 0.15) is 53.2 Å². The zero-order chi connectivity index (χ0) is 18.4. The van der Waals surface area contributed by atoms with Gasteiger partial charge in [0.1, 0.15) is 5.76 Å². The quantitative estimate of drug-likeness (QED) is 0.809. The third-order valence-corrected chi connectivity index (χ3v) is 4.19. The molecule has 1 atom stereocenters. The number of rotatable bonds is 7. The number of nitrogens with zero attached hydrogens (tertiary/aromatic N) is 1. The fraction of sp³-hybridized carbons (Fsp3) is 0.421. The van der Waals surface area contributed by atoms with Crippen LogP contribution in [0.25, 0.3) is 0 Å². The molecule has 0 bridgehead atoms. The Balaban J connectivity index is 1.93. The zero-order valence-corrected chi connectivity index (χ0v) is 15.2. The van der Waals surface area contributed by atoms with Gasteiger partial charge in [-0.15, -0.1) is 0 Å².